The Morgan fingerprint density at radius 1 is 1.38 bits per heavy atom. The molecule has 0 aliphatic rings. The van der Waals surface area contributed by atoms with Gasteiger partial charge in [-0.25, -0.2) is 0 Å². The largest absolute Gasteiger partial charge is 0.459 e. The van der Waals surface area contributed by atoms with Gasteiger partial charge in [-0.05, 0) is 31.0 Å². The van der Waals surface area contributed by atoms with Crippen LogP contribution in [0.15, 0.2) is 33.7 Å². The maximum absolute atomic E-state index is 5.83. The summed E-state index contributed by atoms with van der Waals surface area (Å²) in [5, 5.41) is 1.72. The van der Waals surface area contributed by atoms with Crippen molar-refractivity contribution in [3.05, 3.63) is 35.0 Å². The molecule has 0 N–H and O–H groups in total. The average Bonchev–Trinajstić information content (AvgIpc) is 2.46. The normalized spacial score (nSPS) is 10.5. The van der Waals surface area contributed by atoms with Gasteiger partial charge in [0.1, 0.15) is 11.3 Å². The van der Waals surface area contributed by atoms with Crippen LogP contribution in [0.1, 0.15) is 5.76 Å². The van der Waals surface area contributed by atoms with Crippen molar-refractivity contribution in [3.63, 3.8) is 0 Å². The Hall–Kier alpha value is -1.28. The summed E-state index contributed by atoms with van der Waals surface area (Å²) < 4.78 is 5.47. The Balaban J connectivity index is 2.55. The zero-order valence-electron chi connectivity index (χ0n) is 6.96. The van der Waals surface area contributed by atoms with E-state index in [4.69, 9.17) is 16.0 Å². The molecule has 0 atom stereocenters. The molecule has 0 radical (unpaired) electrons. The summed E-state index contributed by atoms with van der Waals surface area (Å²) in [5.41, 5.74) is 0.836. The lowest BCUT2D eigenvalue weighted by Crippen LogP contribution is -1.70. The zero-order chi connectivity index (χ0) is 9.26. The fraction of sp³-hybridized carbons (Fsp3) is 0.100. The number of hydrogen-bond acceptors (Lipinski definition) is 2. The van der Waals surface area contributed by atoms with Crippen LogP contribution in [0, 0.1) is 0 Å². The van der Waals surface area contributed by atoms with E-state index in [2.05, 4.69) is 11.7 Å². The van der Waals surface area contributed by atoms with E-state index in [9.17, 15) is 0 Å². The van der Waals surface area contributed by atoms with Crippen LogP contribution in [-0.2, 0) is 6.54 Å². The molecule has 0 fully saturated rings. The van der Waals surface area contributed by atoms with Gasteiger partial charge in [0, 0.05) is 10.4 Å². The molecule has 13 heavy (non-hydrogen) atoms. The van der Waals surface area contributed by atoms with E-state index in [-0.39, 0.29) is 0 Å². The molecule has 3 heteroatoms. The molecule has 1 aromatic heterocycles. The molecule has 66 valence electrons. The Morgan fingerprint density at radius 2 is 2.23 bits per heavy atom. The standard InChI is InChI=1S/C10H8ClNO/c1-12-6-9-5-7-4-8(11)2-3-10(7)13-9/h2-5H,1,6H2. The fourth-order valence-electron chi connectivity index (χ4n) is 1.26. The Bertz CT molecular complexity index is 447. The van der Waals surface area contributed by atoms with Crippen LogP contribution >= 0.6 is 11.6 Å². The Labute approximate surface area is 80.8 Å². The number of aliphatic imine (C=N–C) groups is 1. The van der Waals surface area contributed by atoms with Crippen LogP contribution in [0.4, 0.5) is 0 Å². The maximum atomic E-state index is 5.83. The summed E-state index contributed by atoms with van der Waals surface area (Å²) >= 11 is 5.83. The molecule has 0 saturated carbocycles. The van der Waals surface area contributed by atoms with Crippen molar-refractivity contribution in [2.24, 2.45) is 4.99 Å². The second kappa shape index (κ2) is 3.23. The van der Waals surface area contributed by atoms with Gasteiger partial charge in [0.05, 0.1) is 6.54 Å². The first-order valence-electron chi connectivity index (χ1n) is 3.90. The molecular weight excluding hydrogens is 186 g/mol. The molecule has 0 saturated heterocycles. The van der Waals surface area contributed by atoms with Crippen molar-refractivity contribution >= 4 is 29.3 Å². The lowest BCUT2D eigenvalue weighted by atomic mass is 10.2. The highest BCUT2D eigenvalue weighted by Gasteiger charge is 2.02. The van der Waals surface area contributed by atoms with E-state index in [1.807, 2.05) is 18.2 Å². The molecule has 0 bridgehead atoms. The van der Waals surface area contributed by atoms with Crippen molar-refractivity contribution in [2.45, 2.75) is 6.54 Å². The molecule has 2 nitrogen and oxygen atoms in total. The first-order valence-corrected chi connectivity index (χ1v) is 4.28. The van der Waals surface area contributed by atoms with Gasteiger partial charge in [0.2, 0.25) is 0 Å². The van der Waals surface area contributed by atoms with Gasteiger partial charge in [-0.1, -0.05) is 11.6 Å². The van der Waals surface area contributed by atoms with Gasteiger partial charge in [-0.3, -0.25) is 4.99 Å². The summed E-state index contributed by atoms with van der Waals surface area (Å²) in [7, 11) is 0. The molecule has 0 aliphatic carbocycles. The fourth-order valence-corrected chi connectivity index (χ4v) is 1.44. The number of furan rings is 1. The second-order valence-electron chi connectivity index (χ2n) is 2.78. The topological polar surface area (TPSA) is 25.5 Å². The van der Waals surface area contributed by atoms with Crippen LogP contribution in [0.2, 0.25) is 5.02 Å². The van der Waals surface area contributed by atoms with Crippen molar-refractivity contribution < 1.29 is 4.42 Å². The van der Waals surface area contributed by atoms with E-state index < -0.39 is 0 Å². The van der Waals surface area contributed by atoms with Crippen molar-refractivity contribution in [2.75, 3.05) is 0 Å². The minimum atomic E-state index is 0.506. The highest BCUT2D eigenvalue weighted by atomic mass is 35.5. The summed E-state index contributed by atoms with van der Waals surface area (Å²) in [4.78, 5) is 3.75. The lowest BCUT2D eigenvalue weighted by molar-refractivity contribution is 0.553. The summed E-state index contributed by atoms with van der Waals surface area (Å²) in [6.45, 7) is 3.91. The summed E-state index contributed by atoms with van der Waals surface area (Å²) in [6, 6.07) is 7.45. The molecule has 0 spiro atoms. The Kier molecular flexibility index (Phi) is 2.07. The highest BCUT2D eigenvalue weighted by Crippen LogP contribution is 2.23. The molecule has 2 aromatic rings. The van der Waals surface area contributed by atoms with Crippen LogP contribution < -0.4 is 0 Å². The molecule has 2 rings (SSSR count). The average molecular weight is 194 g/mol. The van der Waals surface area contributed by atoms with E-state index in [0.717, 1.165) is 16.7 Å². The number of benzene rings is 1. The first-order chi connectivity index (χ1) is 6.29. The van der Waals surface area contributed by atoms with Gasteiger partial charge in [0.25, 0.3) is 0 Å². The SMILES string of the molecule is C=NCc1cc2cc(Cl)ccc2o1. The first kappa shape index (κ1) is 8.32. The zero-order valence-corrected chi connectivity index (χ0v) is 7.71. The maximum Gasteiger partial charge on any atom is 0.134 e. The highest BCUT2D eigenvalue weighted by molar-refractivity contribution is 6.31. The molecule has 1 aromatic carbocycles. The van der Waals surface area contributed by atoms with Crippen molar-refractivity contribution in [3.8, 4) is 0 Å². The quantitative estimate of drug-likeness (QED) is 0.672. The predicted octanol–water partition coefficient (Wildman–Crippen LogP) is 3.29. The van der Waals surface area contributed by atoms with Crippen LogP contribution in [0.3, 0.4) is 0 Å². The number of hydrogen-bond donors (Lipinski definition) is 0. The van der Waals surface area contributed by atoms with Gasteiger partial charge in [0.15, 0.2) is 0 Å². The molecule has 1 heterocycles. The lowest BCUT2D eigenvalue weighted by Gasteiger charge is -1.87. The summed E-state index contributed by atoms with van der Waals surface area (Å²) in [5.74, 6) is 0.812. The van der Waals surface area contributed by atoms with E-state index in [1.54, 1.807) is 6.07 Å². The third-order valence-electron chi connectivity index (χ3n) is 1.80. The van der Waals surface area contributed by atoms with Crippen molar-refractivity contribution in [1.29, 1.82) is 0 Å². The van der Waals surface area contributed by atoms with Gasteiger partial charge >= 0.3 is 0 Å². The molecule has 0 aliphatic heterocycles. The van der Waals surface area contributed by atoms with Gasteiger partial charge in [-0.15, -0.1) is 0 Å². The number of fused-ring (bicyclic) bond motifs is 1. The van der Waals surface area contributed by atoms with Crippen molar-refractivity contribution in [1.82, 2.24) is 0 Å². The minimum Gasteiger partial charge on any atom is -0.459 e. The smallest absolute Gasteiger partial charge is 0.134 e. The Morgan fingerprint density at radius 3 is 3.00 bits per heavy atom. The number of nitrogens with zero attached hydrogens (tertiary/aromatic N) is 1. The number of rotatable bonds is 2. The van der Waals surface area contributed by atoms with Crippen LogP contribution in [0.5, 0.6) is 0 Å². The van der Waals surface area contributed by atoms with Gasteiger partial charge in [-0.2, -0.15) is 0 Å². The third-order valence-corrected chi connectivity index (χ3v) is 2.03. The van der Waals surface area contributed by atoms with E-state index in [1.165, 1.54) is 0 Å². The second-order valence-corrected chi connectivity index (χ2v) is 3.21. The summed E-state index contributed by atoms with van der Waals surface area (Å²) in [6.07, 6.45) is 0. The third kappa shape index (κ3) is 1.58. The monoisotopic (exact) mass is 193 g/mol. The van der Waals surface area contributed by atoms with Gasteiger partial charge < -0.3 is 4.42 Å². The van der Waals surface area contributed by atoms with Crippen LogP contribution in [-0.4, -0.2) is 6.72 Å². The minimum absolute atomic E-state index is 0.506. The molecular formula is C10H8ClNO. The van der Waals surface area contributed by atoms with E-state index in [0.29, 0.717) is 11.6 Å². The predicted molar refractivity (Wildman–Crippen MR) is 54.5 cm³/mol. The van der Waals surface area contributed by atoms with E-state index >= 15 is 0 Å². The van der Waals surface area contributed by atoms with Crippen LogP contribution in [0.25, 0.3) is 11.0 Å². The number of halogens is 1. The molecule has 0 amide bonds. The molecule has 0 unspecified atom stereocenters.